The van der Waals surface area contributed by atoms with Crippen LogP contribution in [0.15, 0.2) is 54.9 Å². The Bertz CT molecular complexity index is 914. The lowest BCUT2D eigenvalue weighted by atomic mass is 9.90. The highest BCUT2D eigenvalue weighted by Crippen LogP contribution is 2.37. The first-order valence-corrected chi connectivity index (χ1v) is 7.96. The minimum Gasteiger partial charge on any atom is -0.508 e. The van der Waals surface area contributed by atoms with Gasteiger partial charge in [-0.1, -0.05) is 12.1 Å². The maximum atomic E-state index is 12.2. The van der Waals surface area contributed by atoms with Gasteiger partial charge in [-0.2, -0.15) is 0 Å². The van der Waals surface area contributed by atoms with Gasteiger partial charge in [0.25, 0.3) is 0 Å². The zero-order chi connectivity index (χ0) is 17.4. The van der Waals surface area contributed by atoms with Crippen LogP contribution in [0.4, 0.5) is 5.82 Å². The summed E-state index contributed by atoms with van der Waals surface area (Å²) in [5.74, 6) is 1.46. The third-order valence-corrected chi connectivity index (χ3v) is 4.42. The first-order valence-electron chi connectivity index (χ1n) is 7.96. The lowest BCUT2D eigenvalue weighted by Gasteiger charge is -2.23. The van der Waals surface area contributed by atoms with Gasteiger partial charge in [-0.25, -0.2) is 4.98 Å². The van der Waals surface area contributed by atoms with Crippen LogP contribution in [0.3, 0.4) is 0 Å². The Kier molecular flexibility index (Phi) is 3.65. The second-order valence-electron chi connectivity index (χ2n) is 5.94. The number of anilines is 1. The maximum absolute atomic E-state index is 12.2. The number of phenols is 1. The molecule has 126 valence electrons. The summed E-state index contributed by atoms with van der Waals surface area (Å²) in [6.07, 6.45) is 2.04. The molecule has 0 bridgehead atoms. The van der Waals surface area contributed by atoms with Gasteiger partial charge in [0.05, 0.1) is 12.8 Å². The minimum atomic E-state index is -0.135. The molecule has 2 N–H and O–H groups in total. The number of aromatic hydroxyl groups is 1. The minimum absolute atomic E-state index is 0.0548. The van der Waals surface area contributed by atoms with Crippen molar-refractivity contribution in [2.24, 2.45) is 0 Å². The van der Waals surface area contributed by atoms with Gasteiger partial charge in [-0.15, -0.1) is 0 Å². The number of fused-ring (bicyclic) bond motifs is 1. The first kappa shape index (κ1) is 15.3. The van der Waals surface area contributed by atoms with Crippen molar-refractivity contribution >= 4 is 11.7 Å². The normalized spacial score (nSPS) is 16.2. The Balaban J connectivity index is 1.76. The number of methoxy groups -OCH3 is 1. The molecule has 1 atom stereocenters. The topological polar surface area (TPSA) is 76.4 Å². The van der Waals surface area contributed by atoms with Crippen LogP contribution >= 0.6 is 0 Å². The number of nitrogens with zero attached hydrogens (tertiary/aromatic N) is 2. The number of amides is 1. The van der Waals surface area contributed by atoms with E-state index in [0.717, 1.165) is 22.7 Å². The van der Waals surface area contributed by atoms with Crippen molar-refractivity contribution in [1.82, 2.24) is 9.55 Å². The van der Waals surface area contributed by atoms with Gasteiger partial charge in [0.2, 0.25) is 5.91 Å². The van der Waals surface area contributed by atoms with E-state index in [9.17, 15) is 9.90 Å². The van der Waals surface area contributed by atoms with Crippen molar-refractivity contribution in [2.75, 3.05) is 12.4 Å². The van der Waals surface area contributed by atoms with E-state index in [0.29, 0.717) is 12.2 Å². The lowest BCUT2D eigenvalue weighted by Crippen LogP contribution is -2.24. The van der Waals surface area contributed by atoms with E-state index in [1.807, 2.05) is 41.0 Å². The molecule has 25 heavy (non-hydrogen) atoms. The smallest absolute Gasteiger partial charge is 0.226 e. The maximum Gasteiger partial charge on any atom is 0.226 e. The van der Waals surface area contributed by atoms with Crippen molar-refractivity contribution in [3.8, 4) is 17.2 Å². The average molecular weight is 335 g/mol. The van der Waals surface area contributed by atoms with Crippen LogP contribution in [0.1, 0.15) is 23.6 Å². The molecule has 0 unspecified atom stereocenters. The number of rotatable bonds is 3. The molecule has 1 aliphatic heterocycles. The van der Waals surface area contributed by atoms with E-state index in [4.69, 9.17) is 4.74 Å². The van der Waals surface area contributed by atoms with E-state index < -0.39 is 0 Å². The van der Waals surface area contributed by atoms with Crippen molar-refractivity contribution in [3.05, 3.63) is 66.1 Å². The lowest BCUT2D eigenvalue weighted by molar-refractivity contribution is -0.116. The number of imidazole rings is 1. The van der Waals surface area contributed by atoms with Crippen LogP contribution in [-0.2, 0) is 4.79 Å². The molecule has 6 heteroatoms. The summed E-state index contributed by atoms with van der Waals surface area (Å²) in [5.41, 5.74) is 2.66. The Morgan fingerprint density at radius 2 is 1.88 bits per heavy atom. The van der Waals surface area contributed by atoms with E-state index in [1.54, 1.807) is 25.6 Å². The summed E-state index contributed by atoms with van der Waals surface area (Å²) in [6, 6.07) is 14.5. The number of ether oxygens (including phenoxy) is 1. The van der Waals surface area contributed by atoms with Gasteiger partial charge >= 0.3 is 0 Å². The van der Waals surface area contributed by atoms with Crippen LogP contribution in [0.5, 0.6) is 11.5 Å². The van der Waals surface area contributed by atoms with Crippen molar-refractivity contribution in [3.63, 3.8) is 0 Å². The standard InChI is InChI=1S/C19H17N3O3/c1-25-15-8-4-13(5-9-15)22-11-20-18-16(10-17(24)21-19(18)22)12-2-6-14(23)7-3-12/h2-9,11,16,23H,10H2,1H3,(H,21,24)/t16-/m0/s1. The summed E-state index contributed by atoms with van der Waals surface area (Å²) in [7, 11) is 1.62. The molecule has 2 heterocycles. The molecule has 1 amide bonds. The fraction of sp³-hybridized carbons (Fsp3) is 0.158. The molecule has 0 saturated heterocycles. The molecule has 0 saturated carbocycles. The molecule has 2 aromatic carbocycles. The Hall–Kier alpha value is -3.28. The molecule has 1 aliphatic rings. The molecule has 3 aromatic rings. The predicted molar refractivity (Wildman–Crippen MR) is 93.3 cm³/mol. The van der Waals surface area contributed by atoms with Crippen molar-refractivity contribution in [1.29, 1.82) is 0 Å². The Labute approximate surface area is 144 Å². The highest BCUT2D eigenvalue weighted by molar-refractivity contribution is 5.94. The fourth-order valence-corrected chi connectivity index (χ4v) is 3.13. The molecule has 0 radical (unpaired) electrons. The summed E-state index contributed by atoms with van der Waals surface area (Å²) in [6.45, 7) is 0. The zero-order valence-corrected chi connectivity index (χ0v) is 13.6. The molecular weight excluding hydrogens is 318 g/mol. The van der Waals surface area contributed by atoms with E-state index >= 15 is 0 Å². The number of hydrogen-bond acceptors (Lipinski definition) is 4. The number of phenolic OH excluding ortho intramolecular Hbond substituents is 1. The molecule has 0 aliphatic carbocycles. The molecular formula is C19H17N3O3. The van der Waals surface area contributed by atoms with Crippen LogP contribution < -0.4 is 10.1 Å². The largest absolute Gasteiger partial charge is 0.508 e. The van der Waals surface area contributed by atoms with Gasteiger partial charge in [-0.3, -0.25) is 9.36 Å². The van der Waals surface area contributed by atoms with Gasteiger partial charge in [-0.05, 0) is 42.0 Å². The number of aromatic nitrogens is 2. The van der Waals surface area contributed by atoms with Gasteiger partial charge < -0.3 is 15.2 Å². The average Bonchev–Trinajstić information content (AvgIpc) is 3.05. The van der Waals surface area contributed by atoms with Gasteiger partial charge in [0.1, 0.15) is 23.6 Å². The second kappa shape index (κ2) is 5.98. The van der Waals surface area contributed by atoms with Gasteiger partial charge in [0, 0.05) is 18.0 Å². The molecule has 4 rings (SSSR count). The summed E-state index contributed by atoms with van der Waals surface area (Å²) >= 11 is 0. The van der Waals surface area contributed by atoms with Gasteiger partial charge in [0.15, 0.2) is 0 Å². The molecule has 1 aromatic heterocycles. The zero-order valence-electron chi connectivity index (χ0n) is 13.6. The number of benzene rings is 2. The second-order valence-corrected chi connectivity index (χ2v) is 5.94. The number of nitrogens with one attached hydrogen (secondary N) is 1. The van der Waals surface area contributed by atoms with E-state index in [-0.39, 0.29) is 17.6 Å². The highest BCUT2D eigenvalue weighted by atomic mass is 16.5. The number of hydrogen-bond donors (Lipinski definition) is 2. The third-order valence-electron chi connectivity index (χ3n) is 4.42. The summed E-state index contributed by atoms with van der Waals surface area (Å²) in [4.78, 5) is 16.8. The molecule has 0 spiro atoms. The van der Waals surface area contributed by atoms with Crippen LogP contribution in [0.2, 0.25) is 0 Å². The SMILES string of the molecule is COc1ccc(-n2cnc3c2NC(=O)C[C@H]3c2ccc(O)cc2)cc1. The van der Waals surface area contributed by atoms with Crippen LogP contribution in [0.25, 0.3) is 5.69 Å². The quantitative estimate of drug-likeness (QED) is 0.771. The molecule has 0 fully saturated rings. The Morgan fingerprint density at radius 3 is 2.56 bits per heavy atom. The summed E-state index contributed by atoms with van der Waals surface area (Å²) < 4.78 is 7.05. The van der Waals surface area contributed by atoms with Crippen LogP contribution in [-0.4, -0.2) is 27.7 Å². The predicted octanol–water partition coefficient (Wildman–Crippen LogP) is 3.06. The van der Waals surface area contributed by atoms with Crippen molar-refractivity contribution < 1.29 is 14.6 Å². The molecule has 6 nitrogen and oxygen atoms in total. The highest BCUT2D eigenvalue weighted by Gasteiger charge is 2.30. The first-order chi connectivity index (χ1) is 12.2. The number of carbonyl (C=O) groups excluding carboxylic acids is 1. The number of carbonyl (C=O) groups is 1. The Morgan fingerprint density at radius 1 is 1.16 bits per heavy atom. The summed E-state index contributed by atoms with van der Waals surface area (Å²) in [5, 5.41) is 12.4. The fourth-order valence-electron chi connectivity index (χ4n) is 3.13. The van der Waals surface area contributed by atoms with Crippen molar-refractivity contribution in [2.45, 2.75) is 12.3 Å². The van der Waals surface area contributed by atoms with E-state index in [2.05, 4.69) is 10.3 Å². The monoisotopic (exact) mass is 335 g/mol. The third kappa shape index (κ3) is 2.71. The van der Waals surface area contributed by atoms with E-state index in [1.165, 1.54) is 0 Å². The van der Waals surface area contributed by atoms with Crippen LogP contribution in [0, 0.1) is 0 Å².